The average Bonchev–Trinajstić information content (AvgIpc) is 3.39. The quantitative estimate of drug-likeness (QED) is 0.677. The van der Waals surface area contributed by atoms with E-state index in [0.29, 0.717) is 6.54 Å². The van der Waals surface area contributed by atoms with E-state index < -0.39 is 11.5 Å². The van der Waals surface area contributed by atoms with E-state index >= 15 is 0 Å². The Morgan fingerprint density at radius 2 is 1.88 bits per heavy atom. The van der Waals surface area contributed by atoms with Crippen molar-refractivity contribution in [1.82, 2.24) is 9.80 Å². The monoisotopic (exact) mass is 434 g/mol. The molecule has 168 valence electrons. The summed E-state index contributed by atoms with van der Waals surface area (Å²) in [6.07, 6.45) is 2.77. The normalized spacial score (nSPS) is 22.1. The SMILES string of the molecule is COC(=O)C1CC(=O)N(Cc2ccccc2)C12CCN(Cc1ccc3c(c1)CCO3)CC2. The maximum absolute atomic E-state index is 13.1. The van der Waals surface area contributed by atoms with Crippen molar-refractivity contribution < 1.29 is 19.1 Å². The Hall–Kier alpha value is -2.86. The highest BCUT2D eigenvalue weighted by molar-refractivity contribution is 5.89. The van der Waals surface area contributed by atoms with Gasteiger partial charge in [-0.3, -0.25) is 14.5 Å². The van der Waals surface area contributed by atoms with Crippen LogP contribution < -0.4 is 4.74 Å². The van der Waals surface area contributed by atoms with E-state index in [9.17, 15) is 9.59 Å². The summed E-state index contributed by atoms with van der Waals surface area (Å²) in [4.78, 5) is 30.1. The molecule has 1 amide bonds. The van der Waals surface area contributed by atoms with Gasteiger partial charge in [0.05, 0.1) is 25.2 Å². The molecule has 2 aromatic rings. The number of hydrogen-bond acceptors (Lipinski definition) is 5. The molecular weight excluding hydrogens is 404 g/mol. The third-order valence-electron chi connectivity index (χ3n) is 7.42. The topological polar surface area (TPSA) is 59.1 Å². The highest BCUT2D eigenvalue weighted by Crippen LogP contribution is 2.45. The number of hydrogen-bond donors (Lipinski definition) is 0. The average molecular weight is 435 g/mol. The number of nitrogens with zero attached hydrogens (tertiary/aromatic N) is 2. The molecule has 2 fully saturated rings. The molecule has 1 spiro atoms. The lowest BCUT2D eigenvalue weighted by Gasteiger charge is -2.47. The third kappa shape index (κ3) is 3.77. The number of esters is 1. The summed E-state index contributed by atoms with van der Waals surface area (Å²) >= 11 is 0. The zero-order valence-electron chi connectivity index (χ0n) is 18.6. The zero-order valence-corrected chi connectivity index (χ0v) is 18.6. The molecule has 5 rings (SSSR count). The minimum atomic E-state index is -0.470. The van der Waals surface area contributed by atoms with Gasteiger partial charge in [0.2, 0.25) is 5.91 Å². The minimum absolute atomic E-state index is 0.0522. The predicted octanol–water partition coefficient (Wildman–Crippen LogP) is 3.18. The maximum Gasteiger partial charge on any atom is 0.311 e. The van der Waals surface area contributed by atoms with Crippen LogP contribution in [0.25, 0.3) is 0 Å². The molecule has 6 nitrogen and oxygen atoms in total. The molecule has 0 radical (unpaired) electrons. The van der Waals surface area contributed by atoms with Crippen molar-refractivity contribution in [2.45, 2.75) is 44.3 Å². The number of rotatable bonds is 5. The number of carbonyl (C=O) groups is 2. The molecule has 0 bridgehead atoms. The number of fused-ring (bicyclic) bond motifs is 1. The Labute approximate surface area is 189 Å². The second-order valence-electron chi connectivity index (χ2n) is 9.17. The standard InChI is InChI=1S/C26H30N2O4/c1-31-25(30)22-16-24(29)28(18-19-5-3-2-4-6-19)26(22)10-12-27(13-11-26)17-20-7-8-23-21(15-20)9-14-32-23/h2-8,15,22H,9-14,16-18H2,1H3. The molecule has 3 aliphatic rings. The van der Waals surface area contributed by atoms with Crippen molar-refractivity contribution in [3.8, 4) is 5.75 Å². The summed E-state index contributed by atoms with van der Waals surface area (Å²) in [6, 6.07) is 16.5. The Balaban J connectivity index is 1.33. The van der Waals surface area contributed by atoms with Crippen molar-refractivity contribution in [2.75, 3.05) is 26.8 Å². The van der Waals surface area contributed by atoms with Crippen LogP contribution in [0.2, 0.25) is 0 Å². The lowest BCUT2D eigenvalue weighted by Crippen LogP contribution is -2.57. The van der Waals surface area contributed by atoms with Crippen molar-refractivity contribution in [1.29, 1.82) is 0 Å². The van der Waals surface area contributed by atoms with E-state index in [4.69, 9.17) is 9.47 Å². The van der Waals surface area contributed by atoms with E-state index in [-0.39, 0.29) is 18.3 Å². The summed E-state index contributed by atoms with van der Waals surface area (Å²) < 4.78 is 10.8. The van der Waals surface area contributed by atoms with Crippen LogP contribution in [-0.4, -0.2) is 54.0 Å². The first-order valence-corrected chi connectivity index (χ1v) is 11.5. The zero-order chi connectivity index (χ0) is 22.1. The number of amides is 1. The van der Waals surface area contributed by atoms with Crippen LogP contribution in [0.5, 0.6) is 5.75 Å². The fourth-order valence-electron chi connectivity index (χ4n) is 5.68. The van der Waals surface area contributed by atoms with E-state index in [0.717, 1.165) is 56.8 Å². The largest absolute Gasteiger partial charge is 0.493 e. The van der Waals surface area contributed by atoms with Crippen molar-refractivity contribution in [2.24, 2.45) is 5.92 Å². The smallest absolute Gasteiger partial charge is 0.311 e. The Morgan fingerprint density at radius 3 is 2.62 bits per heavy atom. The third-order valence-corrected chi connectivity index (χ3v) is 7.42. The van der Waals surface area contributed by atoms with Gasteiger partial charge in [0.1, 0.15) is 5.75 Å². The molecule has 0 saturated carbocycles. The van der Waals surface area contributed by atoms with Gasteiger partial charge in [0.15, 0.2) is 0 Å². The van der Waals surface area contributed by atoms with E-state index in [1.165, 1.54) is 18.2 Å². The molecule has 0 N–H and O–H groups in total. The van der Waals surface area contributed by atoms with Gasteiger partial charge in [-0.05, 0) is 35.6 Å². The molecule has 2 aromatic carbocycles. The van der Waals surface area contributed by atoms with Crippen LogP contribution >= 0.6 is 0 Å². The van der Waals surface area contributed by atoms with Gasteiger partial charge in [0, 0.05) is 39.0 Å². The molecule has 3 aliphatic heterocycles. The summed E-state index contributed by atoms with van der Waals surface area (Å²) in [5, 5.41) is 0. The maximum atomic E-state index is 13.1. The molecule has 3 heterocycles. The molecule has 0 aromatic heterocycles. The summed E-state index contributed by atoms with van der Waals surface area (Å²) in [7, 11) is 1.42. The number of methoxy groups -OCH3 is 1. The van der Waals surface area contributed by atoms with Gasteiger partial charge in [-0.25, -0.2) is 0 Å². The van der Waals surface area contributed by atoms with Crippen molar-refractivity contribution >= 4 is 11.9 Å². The number of carbonyl (C=O) groups excluding carboxylic acids is 2. The molecule has 32 heavy (non-hydrogen) atoms. The highest BCUT2D eigenvalue weighted by Gasteiger charge is 2.56. The van der Waals surface area contributed by atoms with Gasteiger partial charge >= 0.3 is 5.97 Å². The molecule has 0 aliphatic carbocycles. The summed E-state index contributed by atoms with van der Waals surface area (Å²) in [5.74, 6) is 0.397. The second kappa shape index (κ2) is 8.58. The molecule has 2 saturated heterocycles. The fourth-order valence-corrected chi connectivity index (χ4v) is 5.68. The number of ether oxygens (including phenoxy) is 2. The van der Waals surface area contributed by atoms with Crippen molar-refractivity contribution in [3.63, 3.8) is 0 Å². The summed E-state index contributed by atoms with van der Waals surface area (Å²) in [6.45, 7) is 3.88. The van der Waals surface area contributed by atoms with E-state index in [1.807, 2.05) is 35.2 Å². The predicted molar refractivity (Wildman–Crippen MR) is 120 cm³/mol. The van der Waals surface area contributed by atoms with E-state index in [2.05, 4.69) is 23.1 Å². The van der Waals surface area contributed by atoms with Gasteiger partial charge < -0.3 is 14.4 Å². The van der Waals surface area contributed by atoms with Crippen LogP contribution in [-0.2, 0) is 33.8 Å². The van der Waals surface area contributed by atoms with Crippen LogP contribution in [0, 0.1) is 5.92 Å². The minimum Gasteiger partial charge on any atom is -0.493 e. The fraction of sp³-hybridized carbons (Fsp3) is 0.462. The number of benzene rings is 2. The number of piperidine rings is 1. The van der Waals surface area contributed by atoms with Crippen LogP contribution in [0.15, 0.2) is 48.5 Å². The van der Waals surface area contributed by atoms with Crippen molar-refractivity contribution in [3.05, 3.63) is 65.2 Å². The molecular formula is C26H30N2O4. The molecule has 1 atom stereocenters. The first kappa shape index (κ1) is 21.0. The van der Waals surface area contributed by atoms with Gasteiger partial charge in [-0.1, -0.05) is 42.5 Å². The van der Waals surface area contributed by atoms with Gasteiger partial charge in [-0.2, -0.15) is 0 Å². The number of likely N-dealkylation sites (tertiary alicyclic amines) is 2. The lowest BCUT2D eigenvalue weighted by atomic mass is 9.76. The van der Waals surface area contributed by atoms with Gasteiger partial charge in [0.25, 0.3) is 0 Å². The summed E-state index contributed by atoms with van der Waals surface area (Å²) in [5.41, 5.74) is 3.20. The first-order valence-electron chi connectivity index (χ1n) is 11.5. The van der Waals surface area contributed by atoms with Crippen LogP contribution in [0.3, 0.4) is 0 Å². The van der Waals surface area contributed by atoms with Crippen LogP contribution in [0.4, 0.5) is 0 Å². The van der Waals surface area contributed by atoms with E-state index in [1.54, 1.807) is 0 Å². The molecule has 6 heteroatoms. The van der Waals surface area contributed by atoms with Crippen LogP contribution in [0.1, 0.15) is 36.0 Å². The second-order valence-corrected chi connectivity index (χ2v) is 9.17. The molecule has 1 unspecified atom stereocenters. The Bertz CT molecular complexity index is 998. The first-order chi connectivity index (χ1) is 15.6. The Morgan fingerprint density at radius 1 is 1.09 bits per heavy atom. The Kier molecular flexibility index (Phi) is 5.64. The lowest BCUT2D eigenvalue weighted by molar-refractivity contribution is -0.150. The highest BCUT2D eigenvalue weighted by atomic mass is 16.5. The van der Waals surface area contributed by atoms with Gasteiger partial charge in [-0.15, -0.1) is 0 Å².